The minimum absolute atomic E-state index is 0.0157. The fraction of sp³-hybridized carbons (Fsp3) is 0.889. The van der Waals surface area contributed by atoms with Gasteiger partial charge in [0, 0.05) is 11.3 Å². The molecular weight excluding hydrogens is 296 g/mol. The monoisotopic (exact) mass is 320 g/mol. The van der Waals surface area contributed by atoms with Crippen molar-refractivity contribution in [1.29, 1.82) is 0 Å². The minimum Gasteiger partial charge on any atom is -0.392 e. The topological polar surface area (TPSA) is 68.2 Å². The van der Waals surface area contributed by atoms with Gasteiger partial charge in [-0.2, -0.15) is 0 Å². The summed E-state index contributed by atoms with van der Waals surface area (Å²) in [5, 5.41) is 21.8. The van der Waals surface area contributed by atoms with Gasteiger partial charge >= 0.3 is 0 Å². The Morgan fingerprint density at radius 2 is 2.17 bits per heavy atom. The zero-order chi connectivity index (χ0) is 15.8. The summed E-state index contributed by atoms with van der Waals surface area (Å²) >= 11 is 0. The Balaban J connectivity index is 1.62. The highest BCUT2D eigenvalue weighted by atomic mass is 16.8. The minimum atomic E-state index is -1.09. The van der Waals surface area contributed by atoms with Crippen LogP contribution in [0.2, 0.25) is 0 Å². The molecule has 2 spiro atoms. The Bertz CT molecular complexity index is 643. The van der Waals surface area contributed by atoms with Gasteiger partial charge in [-0.15, -0.1) is 0 Å². The molecule has 0 unspecified atom stereocenters. The van der Waals surface area contributed by atoms with Gasteiger partial charge in [0.05, 0.1) is 19.3 Å². The molecule has 4 aliphatic carbocycles. The van der Waals surface area contributed by atoms with Crippen molar-refractivity contribution in [3.05, 3.63) is 11.6 Å². The summed E-state index contributed by atoms with van der Waals surface area (Å²) in [5.41, 5.74) is -1.13. The van der Waals surface area contributed by atoms with E-state index in [1.165, 1.54) is 0 Å². The SMILES string of the molecule is CC1(C)O[C@@H]2[C@]3(CCC[C@@H]4[C@H]5CO[C@H]6C=C(CO)[C@@]2(O)[C@]43[C@@H]56)O1. The Labute approximate surface area is 135 Å². The van der Waals surface area contributed by atoms with E-state index in [4.69, 9.17) is 14.2 Å². The van der Waals surface area contributed by atoms with Crippen molar-refractivity contribution >= 4 is 0 Å². The van der Waals surface area contributed by atoms with Crippen LogP contribution in [0.4, 0.5) is 0 Å². The smallest absolute Gasteiger partial charge is 0.164 e. The molecule has 6 aliphatic rings. The number of hydrogen-bond donors (Lipinski definition) is 2. The summed E-state index contributed by atoms with van der Waals surface area (Å²) < 4.78 is 18.8. The number of aliphatic hydroxyl groups is 2. The Hall–Kier alpha value is -0.460. The lowest BCUT2D eigenvalue weighted by molar-refractivity contribution is -0.417. The number of ether oxygens (including phenoxy) is 3. The van der Waals surface area contributed by atoms with Gasteiger partial charge in [-0.25, -0.2) is 0 Å². The highest BCUT2D eigenvalue weighted by Crippen LogP contribution is 2.86. The molecule has 5 fully saturated rings. The number of hydrogen-bond acceptors (Lipinski definition) is 5. The van der Waals surface area contributed by atoms with Gasteiger partial charge in [0.15, 0.2) is 5.79 Å². The van der Waals surface area contributed by atoms with Crippen molar-refractivity contribution in [1.82, 2.24) is 0 Å². The molecule has 0 amide bonds. The molecule has 23 heavy (non-hydrogen) atoms. The molecule has 0 aromatic rings. The first kappa shape index (κ1) is 13.8. The van der Waals surface area contributed by atoms with Crippen molar-refractivity contribution in [2.75, 3.05) is 13.2 Å². The second-order valence-electron chi connectivity index (χ2n) is 8.86. The lowest BCUT2D eigenvalue weighted by Gasteiger charge is -2.83. The fourth-order valence-electron chi connectivity index (χ4n) is 7.82. The summed E-state index contributed by atoms with van der Waals surface area (Å²) in [7, 11) is 0. The van der Waals surface area contributed by atoms with Crippen molar-refractivity contribution in [2.24, 2.45) is 23.2 Å². The Morgan fingerprint density at radius 3 is 2.96 bits per heavy atom. The van der Waals surface area contributed by atoms with Crippen LogP contribution in [0.3, 0.4) is 0 Å². The predicted molar refractivity (Wildman–Crippen MR) is 79.4 cm³/mol. The summed E-state index contributed by atoms with van der Waals surface area (Å²) in [5.74, 6) is 0.560. The van der Waals surface area contributed by atoms with Crippen LogP contribution >= 0.6 is 0 Å². The van der Waals surface area contributed by atoms with E-state index >= 15 is 0 Å². The summed E-state index contributed by atoms with van der Waals surface area (Å²) in [6.45, 7) is 4.52. The molecule has 2 heterocycles. The molecule has 2 saturated heterocycles. The lowest BCUT2D eigenvalue weighted by atomic mass is 9.23. The summed E-state index contributed by atoms with van der Waals surface area (Å²) in [6.07, 6.45) is 4.80. The second-order valence-corrected chi connectivity index (χ2v) is 8.86. The molecule has 2 N–H and O–H groups in total. The molecule has 3 saturated carbocycles. The van der Waals surface area contributed by atoms with E-state index in [0.29, 0.717) is 23.3 Å². The largest absolute Gasteiger partial charge is 0.392 e. The molecule has 0 bridgehead atoms. The molecule has 8 atom stereocenters. The molecule has 6 rings (SSSR count). The van der Waals surface area contributed by atoms with Crippen LogP contribution in [0.15, 0.2) is 11.6 Å². The third kappa shape index (κ3) is 1.05. The zero-order valence-corrected chi connectivity index (χ0v) is 13.6. The molecule has 5 nitrogen and oxygen atoms in total. The van der Waals surface area contributed by atoms with E-state index in [1.54, 1.807) is 0 Å². The van der Waals surface area contributed by atoms with Crippen molar-refractivity contribution < 1.29 is 24.4 Å². The van der Waals surface area contributed by atoms with Crippen LogP contribution in [0.5, 0.6) is 0 Å². The first-order chi connectivity index (χ1) is 10.9. The molecule has 5 heteroatoms. The van der Waals surface area contributed by atoms with E-state index in [0.717, 1.165) is 25.9 Å². The van der Waals surface area contributed by atoms with Gasteiger partial charge in [-0.1, -0.05) is 12.5 Å². The third-order valence-corrected chi connectivity index (χ3v) is 7.98. The van der Waals surface area contributed by atoms with Crippen LogP contribution in [0.25, 0.3) is 0 Å². The fourth-order valence-corrected chi connectivity index (χ4v) is 7.82. The van der Waals surface area contributed by atoms with Gasteiger partial charge in [0.1, 0.15) is 17.3 Å². The van der Waals surface area contributed by atoms with Gasteiger partial charge in [-0.3, -0.25) is 0 Å². The average Bonchev–Trinajstić information content (AvgIpc) is 2.97. The second kappa shape index (κ2) is 3.56. The molecule has 0 radical (unpaired) electrons. The van der Waals surface area contributed by atoms with Crippen LogP contribution in [-0.2, 0) is 14.2 Å². The molecule has 0 aromatic carbocycles. The number of rotatable bonds is 1. The Morgan fingerprint density at radius 1 is 1.35 bits per heavy atom. The third-order valence-electron chi connectivity index (χ3n) is 7.98. The zero-order valence-electron chi connectivity index (χ0n) is 13.6. The van der Waals surface area contributed by atoms with Crippen molar-refractivity contribution in [2.45, 2.75) is 62.3 Å². The van der Waals surface area contributed by atoms with E-state index in [1.807, 2.05) is 19.9 Å². The maximum Gasteiger partial charge on any atom is 0.164 e. The highest BCUT2D eigenvalue weighted by Gasteiger charge is 2.96. The van der Waals surface area contributed by atoms with Gasteiger partial charge in [-0.05, 0) is 44.1 Å². The normalized spacial score (nSPS) is 63.3. The first-order valence-electron chi connectivity index (χ1n) is 8.96. The average molecular weight is 320 g/mol. The van der Waals surface area contributed by atoms with Crippen molar-refractivity contribution in [3.8, 4) is 0 Å². The molecule has 0 aromatic heterocycles. The highest BCUT2D eigenvalue weighted by molar-refractivity contribution is 5.52. The van der Waals surface area contributed by atoms with E-state index < -0.39 is 17.0 Å². The maximum atomic E-state index is 11.8. The van der Waals surface area contributed by atoms with E-state index in [-0.39, 0.29) is 24.2 Å². The van der Waals surface area contributed by atoms with Gasteiger partial charge in [0.2, 0.25) is 0 Å². The molecule has 126 valence electrons. The quantitative estimate of drug-likeness (QED) is 0.705. The summed E-state index contributed by atoms with van der Waals surface area (Å²) in [4.78, 5) is 0. The van der Waals surface area contributed by atoms with Crippen molar-refractivity contribution in [3.63, 3.8) is 0 Å². The predicted octanol–water partition coefficient (Wildman–Crippen LogP) is 0.985. The van der Waals surface area contributed by atoms with Gasteiger partial charge < -0.3 is 24.4 Å². The van der Waals surface area contributed by atoms with E-state index in [2.05, 4.69) is 0 Å². The van der Waals surface area contributed by atoms with Crippen LogP contribution in [0, 0.1) is 23.2 Å². The van der Waals surface area contributed by atoms with E-state index in [9.17, 15) is 10.2 Å². The maximum absolute atomic E-state index is 11.8. The molecule has 2 aliphatic heterocycles. The summed E-state index contributed by atoms with van der Waals surface area (Å²) in [6, 6.07) is 0. The Kier molecular flexibility index (Phi) is 2.13. The van der Waals surface area contributed by atoms with Gasteiger partial charge in [0.25, 0.3) is 0 Å². The first-order valence-corrected chi connectivity index (χ1v) is 8.96. The molecular formula is C18H24O5. The van der Waals surface area contributed by atoms with Crippen LogP contribution < -0.4 is 0 Å². The number of aliphatic hydroxyl groups excluding tert-OH is 1. The van der Waals surface area contributed by atoms with Crippen LogP contribution in [-0.4, -0.2) is 52.6 Å². The van der Waals surface area contributed by atoms with Crippen LogP contribution in [0.1, 0.15) is 33.1 Å². The standard InChI is InChI=1S/C18H24O5/c1-15(2)22-14-16(23-15)5-3-4-11-10-8-21-12-6-9(7-19)18(14,20)17(11,16)13(10)12/h6,10-14,19-20H,3-5,7-8H2,1-2H3/t10-,11-,12+,13+,14-,16+,17+,18+/m1/s1. The lowest BCUT2D eigenvalue weighted by Crippen LogP contribution is -2.94. The number of fused-ring (bicyclic) bond motifs is 2.